The highest BCUT2D eigenvalue weighted by molar-refractivity contribution is 14.1. The van der Waals surface area contributed by atoms with E-state index in [4.69, 9.17) is 4.74 Å². The molecule has 16 rings (SSSR count). The lowest BCUT2D eigenvalue weighted by Gasteiger charge is -2.20. The fourth-order valence-electron chi connectivity index (χ4n) is 14.5. The average Bonchev–Trinajstić information content (AvgIpc) is 0.820. The second-order valence-electron chi connectivity index (χ2n) is 38.7. The van der Waals surface area contributed by atoms with E-state index in [-0.39, 0.29) is 76.1 Å². The summed E-state index contributed by atoms with van der Waals surface area (Å²) >= 11 is 7.75. The van der Waals surface area contributed by atoms with Crippen LogP contribution in [0, 0.1) is 10.5 Å². The lowest BCUT2D eigenvalue weighted by Crippen LogP contribution is -2.13. The predicted molar refractivity (Wildman–Crippen MR) is 574 cm³/mol. The molecule has 9 heteroatoms. The zero-order valence-corrected chi connectivity index (χ0v) is 86.8. The zero-order valence-electron chi connectivity index (χ0n) is 78.9. The second kappa shape index (κ2) is 44.4. The molecule has 0 saturated heterocycles. The number of halogens is 1. The Morgan fingerprint density at radius 1 is 0.177 bits per heavy atom. The average molecular weight is 1950 g/mol. The topological polar surface area (TPSA) is 9.23 Å². The van der Waals surface area contributed by atoms with Gasteiger partial charge in [0.1, 0.15) is 11.5 Å². The molecule has 0 aliphatic carbocycles. The first-order valence-electron chi connectivity index (χ1n) is 44.8. The van der Waals surface area contributed by atoms with E-state index >= 15 is 0 Å². The van der Waals surface area contributed by atoms with Crippen LogP contribution in [0.2, 0.25) is 0 Å². The van der Waals surface area contributed by atoms with Crippen LogP contribution in [0.25, 0.3) is 0 Å². The number of hydrogen-bond donors (Lipinski definition) is 0. The van der Waals surface area contributed by atoms with Crippen LogP contribution in [-0.2, 0) is 76.1 Å². The zero-order chi connectivity index (χ0) is 92.4. The molecule has 16 aromatic carbocycles. The Morgan fingerprint density at radius 2 is 0.331 bits per heavy atom. The van der Waals surface area contributed by atoms with Gasteiger partial charge in [0.25, 0.3) is 0 Å². The summed E-state index contributed by atoms with van der Waals surface area (Å²) < 4.78 is 7.18. The van der Waals surface area contributed by atoms with Crippen LogP contribution >= 0.6 is 57.9 Å². The van der Waals surface area contributed by atoms with Crippen LogP contribution in [0.5, 0.6) is 11.5 Å². The summed E-state index contributed by atoms with van der Waals surface area (Å²) in [5.74, 6) is 1.71. The SMILES string of the molecule is CC(C)(C)c1ccc(Sc2ccc([S+](c3ccc(C(C)(C)C)cc3)c3ccc(C(C)(C)C)cc3)cc2)cc1.CC(C)(C)c1ccc([S+](c2ccc(Sc3ccccc3)cc2)c2ccc(C(C)(C)C)cc2)cc1.Cc1ccc(Sc2ccc([S+](c3ccccc3)c3ccc(C(C)(C)C)cc3)cc2)cc1.Ic1ccc(Oc2ccc([S+](c3ccccc3)c3ccccc3)cc2)cc1. The van der Waals surface area contributed by atoms with E-state index in [1.54, 1.807) is 0 Å². The molecule has 0 heterocycles. The van der Waals surface area contributed by atoms with E-state index in [1.165, 1.54) is 131 Å². The Kier molecular flexibility index (Phi) is 33.4. The highest BCUT2D eigenvalue weighted by atomic mass is 127. The molecule has 0 fully saturated rings. The third-order valence-electron chi connectivity index (χ3n) is 22.2. The minimum Gasteiger partial charge on any atom is -0.457 e. The van der Waals surface area contributed by atoms with Gasteiger partial charge < -0.3 is 4.74 Å². The van der Waals surface area contributed by atoms with E-state index < -0.39 is 0 Å². The van der Waals surface area contributed by atoms with E-state index in [1.807, 2.05) is 59.6 Å². The van der Waals surface area contributed by atoms with E-state index in [2.05, 4.69) is 542 Å². The van der Waals surface area contributed by atoms with Gasteiger partial charge in [-0.15, -0.1) is 0 Å². The minimum absolute atomic E-state index is 0.117. The number of rotatable bonds is 20. The molecule has 1 unspecified atom stereocenters. The van der Waals surface area contributed by atoms with Crippen molar-refractivity contribution in [3.05, 3.63) is 455 Å². The largest absolute Gasteiger partial charge is 0.457 e. The maximum Gasteiger partial charge on any atom is 0.166 e. The Labute approximate surface area is 817 Å². The smallest absolute Gasteiger partial charge is 0.166 e. The summed E-state index contributed by atoms with van der Waals surface area (Å²) in [5, 5.41) is 0. The summed E-state index contributed by atoms with van der Waals surface area (Å²) in [6.45, 7) is 43.0. The molecule has 1 nitrogen and oxygen atoms in total. The maximum atomic E-state index is 5.98. The lowest BCUT2D eigenvalue weighted by molar-refractivity contribution is 0.482. The van der Waals surface area contributed by atoms with Gasteiger partial charge in [-0.25, -0.2) is 0 Å². The molecule has 0 spiro atoms. The van der Waals surface area contributed by atoms with Crippen molar-refractivity contribution in [3.63, 3.8) is 0 Å². The molecule has 1 atom stereocenters. The van der Waals surface area contributed by atoms with Crippen molar-refractivity contribution in [2.75, 3.05) is 0 Å². The normalized spacial score (nSPS) is 12.1. The second-order valence-corrected chi connectivity index (χ2v) is 51.5. The van der Waals surface area contributed by atoms with Gasteiger partial charge in [-0.1, -0.05) is 323 Å². The number of hydrogen-bond acceptors (Lipinski definition) is 4. The van der Waals surface area contributed by atoms with Crippen molar-refractivity contribution in [1.82, 2.24) is 0 Å². The molecule has 0 N–H and O–H groups in total. The van der Waals surface area contributed by atoms with Gasteiger partial charge in [-0.05, 0) is 350 Å². The predicted octanol–water partition coefficient (Wildman–Crippen LogP) is 36.1. The van der Waals surface area contributed by atoms with Gasteiger partial charge in [-0.2, -0.15) is 0 Å². The first-order valence-corrected chi connectivity index (χ1v) is 53.2. The Balaban J connectivity index is 0.000000149. The summed E-state index contributed by atoms with van der Waals surface area (Å²) in [4.78, 5) is 23.7. The molecule has 0 saturated carbocycles. The van der Waals surface area contributed by atoms with E-state index in [0.717, 1.165) is 11.5 Å². The molecule has 0 aromatic heterocycles. The Bertz CT molecular complexity index is 6000. The van der Waals surface area contributed by atoms with E-state index in [0.29, 0.717) is 0 Å². The third kappa shape index (κ3) is 27.8. The van der Waals surface area contributed by atoms with Crippen molar-refractivity contribution in [2.24, 2.45) is 0 Å². The first kappa shape index (κ1) is 98.0. The third-order valence-corrected chi connectivity index (χ3v) is 34.9. The molecule has 0 bridgehead atoms. The van der Waals surface area contributed by atoms with Gasteiger partial charge in [0.05, 0.1) is 43.6 Å². The first-order chi connectivity index (χ1) is 62.0. The van der Waals surface area contributed by atoms with Crippen LogP contribution in [0.4, 0.5) is 0 Å². The maximum absolute atomic E-state index is 5.98. The Morgan fingerprint density at radius 3 is 0.546 bits per heavy atom. The lowest BCUT2D eigenvalue weighted by atomic mass is 9.87. The molecular formula is C121H125IOS7+4. The number of ether oxygens (including phenoxy) is 1. The highest BCUT2D eigenvalue weighted by Crippen LogP contribution is 2.43. The molecule has 0 aliphatic rings. The van der Waals surface area contributed by atoms with Crippen molar-refractivity contribution in [3.8, 4) is 11.5 Å². The molecule has 130 heavy (non-hydrogen) atoms. The van der Waals surface area contributed by atoms with E-state index in [9.17, 15) is 0 Å². The van der Waals surface area contributed by atoms with Gasteiger partial charge in [-0.3, -0.25) is 0 Å². The van der Waals surface area contributed by atoms with Crippen LogP contribution in [-0.4, -0.2) is 0 Å². The van der Waals surface area contributed by atoms with Crippen molar-refractivity contribution in [2.45, 2.75) is 252 Å². The fourth-order valence-corrected chi connectivity index (χ4v) is 25.6. The minimum atomic E-state index is -0.162. The van der Waals surface area contributed by atoms with Crippen LogP contribution in [0.15, 0.2) is 501 Å². The monoisotopic (exact) mass is 1940 g/mol. The molecule has 0 radical (unpaired) electrons. The number of benzene rings is 16. The molecule has 0 amide bonds. The Hall–Kier alpha value is -9.50. The van der Waals surface area contributed by atoms with Crippen LogP contribution < -0.4 is 4.74 Å². The van der Waals surface area contributed by atoms with Crippen LogP contribution in [0.1, 0.15) is 164 Å². The molecule has 16 aromatic rings. The standard InChI is InChI=1S/C36H43S2.C32H35S2.C29H29S2.C24H18IOS/c1-34(2,3)26-10-16-29(17-11-26)37-30-18-24-33(25-19-30)38(31-20-12-27(13-21-31)35(4,5)6)32-22-14-28(15-23-32)36(7,8)9;1-31(2,3)24-12-18-28(19-13-24)34(29-20-14-25(15-21-29)32(4,5)6)30-22-16-27(17-23-30)33-26-10-8-7-9-11-26;1-22-10-14-24(15-11-22)30-25-16-20-28(21-17-25)31(26-8-6-5-7-9-26)27-18-12-23(13-19-27)29(2,3)4;25-19-11-13-20(14-12-19)26-21-15-17-24(18-16-21)27(22-7-3-1-4-8-22)23-9-5-2-6-10-23/h10-25H,1-9H3;7-23H,1-6H3;5-21H,1-4H3;1-18H/q4*+1. The summed E-state index contributed by atoms with van der Waals surface area (Å²) in [5.41, 5.74) is 10.5. The summed E-state index contributed by atoms with van der Waals surface area (Å²) in [7, 11) is -0.556. The fraction of sp³-hybridized carbons (Fsp3) is 0.207. The molecular weight excluding hydrogens is 1820 g/mol. The quantitative estimate of drug-likeness (QED) is 0.0555. The van der Waals surface area contributed by atoms with Gasteiger partial charge in [0.2, 0.25) is 0 Å². The van der Waals surface area contributed by atoms with Gasteiger partial charge in [0.15, 0.2) is 58.7 Å². The van der Waals surface area contributed by atoms with Crippen molar-refractivity contribution >= 4 is 101 Å². The highest BCUT2D eigenvalue weighted by Gasteiger charge is 2.35. The van der Waals surface area contributed by atoms with Crippen molar-refractivity contribution < 1.29 is 4.74 Å². The van der Waals surface area contributed by atoms with Gasteiger partial charge in [0, 0.05) is 32.9 Å². The summed E-state index contributed by atoms with van der Waals surface area (Å²) in [6, 6.07) is 151. The van der Waals surface area contributed by atoms with Gasteiger partial charge >= 0.3 is 0 Å². The molecule has 660 valence electrons. The summed E-state index contributed by atoms with van der Waals surface area (Å²) in [6.07, 6.45) is 0. The molecule has 0 aliphatic heterocycles. The number of aryl methyl sites for hydroxylation is 1. The van der Waals surface area contributed by atoms with Crippen LogP contribution in [0.3, 0.4) is 0 Å². The van der Waals surface area contributed by atoms with Crippen molar-refractivity contribution in [1.29, 1.82) is 0 Å².